The van der Waals surface area contributed by atoms with Gasteiger partial charge < -0.3 is 136 Å². The van der Waals surface area contributed by atoms with Crippen LogP contribution in [0.25, 0.3) is 33.1 Å². The molecule has 0 radical (unpaired) electrons. The molecule has 26 N–H and O–H groups in total. The number of methoxy groups -OCH3 is 1. The molecule has 13 unspecified atom stereocenters. The van der Waals surface area contributed by atoms with E-state index < -0.39 is 236 Å². The lowest BCUT2D eigenvalue weighted by Gasteiger charge is -2.35. The summed E-state index contributed by atoms with van der Waals surface area (Å²) in [7, 11) is 5.60. The smallest absolute Gasteiger partial charge is 0.246 e. The minimum Gasteiger partial charge on any atom is -0.508 e. The Balaban J connectivity index is 0.987. The molecule has 6 aromatic rings. The number of carbonyl (C=O) groups is 17. The number of nitrogens with two attached hydrogens (primary N) is 5. The predicted octanol–water partition coefficient (Wildman–Crippen LogP) is -2.66. The third-order valence-corrected chi connectivity index (χ3v) is 25.2. The fourth-order valence-electron chi connectivity index (χ4n) is 16.6. The van der Waals surface area contributed by atoms with Gasteiger partial charge in [-0.25, -0.2) is 0 Å². The van der Waals surface area contributed by atoms with Crippen LogP contribution in [0.1, 0.15) is 128 Å². The molecule has 2 aliphatic rings. The molecule has 44 nitrogen and oxygen atoms in total. The summed E-state index contributed by atoms with van der Waals surface area (Å²) in [6.07, 6.45) is 0.798. The van der Waals surface area contributed by atoms with Gasteiger partial charge >= 0.3 is 0 Å². The second kappa shape index (κ2) is 52.4. The van der Waals surface area contributed by atoms with Gasteiger partial charge in [0.1, 0.15) is 90.0 Å². The number of likely N-dealkylation sites (tertiary alicyclic amines) is 2. The number of aliphatic hydroxyl groups excluding tert-OH is 2. The number of nitrogens with one attached hydrogen (secondary N) is 13. The number of unbranched alkanes of at least 4 members (excludes halogenated alkanes) is 2. The summed E-state index contributed by atoms with van der Waals surface area (Å²) in [6.45, 7) is 5.58. The summed E-state index contributed by atoms with van der Waals surface area (Å²) < 4.78 is 5.46. The van der Waals surface area contributed by atoms with E-state index in [9.17, 15) is 72.9 Å². The van der Waals surface area contributed by atoms with Crippen LogP contribution in [0.4, 0.5) is 0 Å². The van der Waals surface area contributed by atoms with E-state index in [-0.39, 0.29) is 88.3 Å². The SMILES string of the molecule is CCCCC(C(=O)N(C)C(CCCC)C(N)=O)N(C)C(=O)C(Cc1c(-c2ccc(OC)cc2)[nH]c2ccccc12)NC(=O)C(CO)NC(=O)C(Cc1c[nH]c2ccccc12)NC(=O)C1C[C@@H](O)CN1C(=O)C(CC(C)C)NC(=O)C(CCN)NC(=O)C1CCCN1C(=O)C(CC(N)=O)NC(=O)C(C)N(C)C(=O)C(Cc1ccc(O)cc1)NC(=O)CSCC(NC(=O)CNC(=N)N)C(=O)NCC(N)=O. The molecule has 2 aliphatic heterocycles. The number of para-hydroxylation sites is 2. The molecule has 0 bridgehead atoms. The highest BCUT2D eigenvalue weighted by Crippen LogP contribution is 2.34. The molecular formula is C93H131N23O21S. The third kappa shape index (κ3) is 30.5. The van der Waals surface area contributed by atoms with Crippen LogP contribution in [0.3, 0.4) is 0 Å². The van der Waals surface area contributed by atoms with Gasteiger partial charge in [0.2, 0.25) is 100 Å². The van der Waals surface area contributed by atoms with Gasteiger partial charge in [-0.05, 0) is 129 Å². The molecule has 0 saturated carbocycles. The lowest BCUT2D eigenvalue weighted by molar-refractivity contribution is -0.149. The maximum absolute atomic E-state index is 15.7. The van der Waals surface area contributed by atoms with Crippen molar-refractivity contribution in [2.75, 3.05) is 79.1 Å². The number of β-amino-alcohol motifs (C(OH)–C–C–N with tert-alkyl or cyclic N) is 1. The zero-order valence-electron chi connectivity index (χ0n) is 79.0. The van der Waals surface area contributed by atoms with Crippen molar-refractivity contribution in [1.82, 2.24) is 87.6 Å². The van der Waals surface area contributed by atoms with E-state index in [4.69, 9.17) is 38.8 Å². The fraction of sp³-hybridized carbons (Fsp3) is 0.505. The fourth-order valence-corrected chi connectivity index (χ4v) is 17.5. The van der Waals surface area contributed by atoms with Gasteiger partial charge in [-0.3, -0.25) is 86.9 Å². The van der Waals surface area contributed by atoms with Crippen LogP contribution in [0, 0.1) is 11.3 Å². The van der Waals surface area contributed by atoms with E-state index in [1.54, 1.807) is 74.6 Å². The normalized spacial score (nSPS) is 16.4. The first-order valence-corrected chi connectivity index (χ1v) is 46.9. The number of amides is 17. The Bertz CT molecular complexity index is 5330. The number of hydrogen-bond donors (Lipinski definition) is 21. The molecule has 17 amide bonds. The highest BCUT2D eigenvalue weighted by Gasteiger charge is 2.46. The van der Waals surface area contributed by atoms with Crippen molar-refractivity contribution >= 4 is 140 Å². The third-order valence-electron chi connectivity index (χ3n) is 24.2. The van der Waals surface area contributed by atoms with Crippen LogP contribution in [0.2, 0.25) is 0 Å². The van der Waals surface area contributed by atoms with Gasteiger partial charge in [0.25, 0.3) is 0 Å². The Labute approximate surface area is 802 Å². The van der Waals surface area contributed by atoms with Crippen molar-refractivity contribution in [3.63, 3.8) is 0 Å². The van der Waals surface area contributed by atoms with Gasteiger partial charge in [-0.2, -0.15) is 0 Å². The number of H-pyrrole nitrogens is 2. The largest absolute Gasteiger partial charge is 0.508 e. The number of rotatable bonds is 53. The second-order valence-corrected chi connectivity index (χ2v) is 35.9. The second-order valence-electron chi connectivity index (χ2n) is 34.9. The number of thioether (sulfide) groups is 1. The molecule has 138 heavy (non-hydrogen) atoms. The number of aliphatic hydroxyl groups is 2. The molecule has 4 heterocycles. The van der Waals surface area contributed by atoms with Gasteiger partial charge in [-0.15, -0.1) is 11.8 Å². The number of benzene rings is 4. The topological polar surface area (TPSA) is 682 Å². The summed E-state index contributed by atoms with van der Waals surface area (Å²) in [5, 5.41) is 67.0. The lowest BCUT2D eigenvalue weighted by atomic mass is 9.96. The van der Waals surface area contributed by atoms with Crippen molar-refractivity contribution in [1.29, 1.82) is 5.41 Å². The van der Waals surface area contributed by atoms with Gasteiger partial charge in [0.05, 0.1) is 45.1 Å². The minimum atomic E-state index is -1.86. The van der Waals surface area contributed by atoms with Gasteiger partial charge in [-0.1, -0.05) is 102 Å². The van der Waals surface area contributed by atoms with Gasteiger partial charge in [0.15, 0.2) is 5.96 Å². The molecule has 2 saturated heterocycles. The van der Waals surface area contributed by atoms with Gasteiger partial charge in [0, 0.05) is 99.4 Å². The standard InChI is InChI=1S/C93H131N23O21S/c1-10-12-23-71(80(97)124)113(7)92(136)73(24-13-11-2)114(8)89(133)67(41-60-59-20-15-17-22-62(59)105-79(60)53-28-32-57(137-9)33-29-53)110-85(129)69(47-117)111-84(128)64(39-54-43-100-61-21-16-14-19-58(54)61)107-87(131)74-40-56(119)46-116(74)91(135)65(37-50(3)4)109-83(127)63(34-35-94)106-86(130)72-25-18-36-115(72)90(134)68(42-75(95)120)108-81(125)51(5)112(6)88(132)66(38-52-26-30-55(118)31-27-52)103-78(123)49-138-48-70(82(126)101-44-76(96)121)104-77(122)45-102-93(98)99/h14-17,19-22,26-33,43,50-51,56,63-74,100,105,117-119H,10-13,18,23-25,34-42,44-49,94H2,1-9H3,(H2,95,120)(H2,96,121)(H2,97,124)(H,101,126)(H,103,123)(H,104,122)(H,106,130)(H,107,131)(H,108,125)(H,109,127)(H,110,129)(H,111,128)(H4,98,99,102)/t51?,56-,63?,64?,65?,66?,67?,68?,69?,70?,71?,72?,73?,74?/m1/s1. The summed E-state index contributed by atoms with van der Waals surface area (Å²) in [4.78, 5) is 253. The van der Waals surface area contributed by atoms with E-state index >= 15 is 24.0 Å². The quantitative estimate of drug-likeness (QED) is 0.0137. The van der Waals surface area contributed by atoms with Crippen LogP contribution in [-0.2, 0) is 101 Å². The van der Waals surface area contributed by atoms with E-state index in [0.717, 1.165) is 26.5 Å². The monoisotopic (exact) mass is 1940 g/mol. The summed E-state index contributed by atoms with van der Waals surface area (Å²) >= 11 is 0.830. The van der Waals surface area contributed by atoms with Crippen molar-refractivity contribution in [2.24, 2.45) is 34.6 Å². The van der Waals surface area contributed by atoms with Crippen LogP contribution in [-0.4, -0.2) is 320 Å². The van der Waals surface area contributed by atoms with Crippen LogP contribution >= 0.6 is 11.8 Å². The molecule has 4 aromatic carbocycles. The molecule has 8 rings (SSSR count). The van der Waals surface area contributed by atoms with E-state index in [1.807, 2.05) is 32.0 Å². The maximum Gasteiger partial charge on any atom is 0.246 e. The van der Waals surface area contributed by atoms with Crippen molar-refractivity contribution in [3.05, 3.63) is 120 Å². The average molecular weight is 1940 g/mol. The van der Waals surface area contributed by atoms with Crippen LogP contribution in [0.15, 0.2) is 103 Å². The maximum atomic E-state index is 15.7. The highest BCUT2D eigenvalue weighted by molar-refractivity contribution is 8.00. The molecular weight excluding hydrogens is 1810 g/mol. The first-order valence-electron chi connectivity index (χ1n) is 45.8. The number of aromatic amines is 2. The summed E-state index contributed by atoms with van der Waals surface area (Å²) in [5.41, 5.74) is 32.1. The van der Waals surface area contributed by atoms with Crippen LogP contribution in [0.5, 0.6) is 11.5 Å². The minimum absolute atomic E-state index is 0.0140. The van der Waals surface area contributed by atoms with E-state index in [1.165, 1.54) is 69.2 Å². The van der Waals surface area contributed by atoms with Crippen molar-refractivity contribution in [3.8, 4) is 22.8 Å². The molecule has 750 valence electrons. The Morgan fingerprint density at radius 3 is 1.77 bits per heavy atom. The number of ether oxygens (including phenoxy) is 1. The number of phenolic OH excluding ortho intramolecular Hbond substituents is 1. The van der Waals surface area contributed by atoms with Crippen LogP contribution < -0.4 is 86.6 Å². The number of likely N-dealkylation sites (N-methyl/N-ethyl adjacent to an activating group) is 3. The van der Waals surface area contributed by atoms with Crippen molar-refractivity contribution in [2.45, 2.75) is 216 Å². The number of phenols is 1. The number of primary amides is 3. The number of carbonyl (C=O) groups excluding carboxylic acids is 17. The molecule has 0 spiro atoms. The molecule has 0 aliphatic carbocycles. The Morgan fingerprint density at radius 2 is 1.14 bits per heavy atom. The Morgan fingerprint density at radius 1 is 0.572 bits per heavy atom. The van der Waals surface area contributed by atoms with Crippen molar-refractivity contribution < 1.29 is 102 Å². The summed E-state index contributed by atoms with van der Waals surface area (Å²) in [6, 6.07) is 7.78. The summed E-state index contributed by atoms with van der Waals surface area (Å²) in [5.74, 6) is -16.3. The highest BCUT2D eigenvalue weighted by atomic mass is 32.2. The first kappa shape index (κ1) is 109. The Kier molecular flexibility index (Phi) is 41.5. The number of fused-ring (bicyclic) bond motifs is 2. The molecule has 2 fully saturated rings. The van der Waals surface area contributed by atoms with E-state index in [0.29, 0.717) is 81.2 Å². The first-order chi connectivity index (χ1) is 65.6. The number of aromatic nitrogens is 2. The molecule has 45 heteroatoms. The zero-order chi connectivity index (χ0) is 101. The number of nitrogens with zero attached hydrogens (tertiary/aromatic N) is 5. The van der Waals surface area contributed by atoms with E-state index in [2.05, 4.69) is 63.1 Å². The zero-order valence-corrected chi connectivity index (χ0v) is 79.8. The lowest BCUT2D eigenvalue weighted by Crippen LogP contribution is -2.61. The number of aromatic hydroxyl groups is 1. The predicted molar refractivity (Wildman–Crippen MR) is 511 cm³/mol. The average Bonchev–Trinajstić information content (AvgIpc) is 1.62. The Hall–Kier alpha value is -13.9. The molecule has 14 atom stereocenters. The molecule has 2 aromatic heterocycles. The number of guanidine groups is 1. The number of hydrogen-bond acceptors (Lipinski definition) is 24.